The minimum atomic E-state index is -1.88. The summed E-state index contributed by atoms with van der Waals surface area (Å²) in [5.41, 5.74) is 0. The molecule has 0 saturated heterocycles. The molecule has 2 nitrogen and oxygen atoms in total. The van der Waals surface area contributed by atoms with E-state index >= 15 is 0 Å². The van der Waals surface area contributed by atoms with Crippen LogP contribution in [-0.2, 0) is 11.1 Å². The summed E-state index contributed by atoms with van der Waals surface area (Å²) in [6, 6.07) is 0. The fourth-order valence-corrected chi connectivity index (χ4v) is 0.354. The maximum absolute atomic E-state index is 9.56. The first-order valence-electron chi connectivity index (χ1n) is 1.62. The molecule has 0 aliphatic rings. The molecule has 0 bridgehead atoms. The van der Waals surface area contributed by atoms with Crippen LogP contribution in [0.5, 0.6) is 0 Å². The second kappa shape index (κ2) is 3.18. The van der Waals surface area contributed by atoms with Gasteiger partial charge in [0.25, 0.3) is 0 Å². The Kier molecular flexibility index (Phi) is 3.17. The molecule has 0 aromatic rings. The van der Waals surface area contributed by atoms with Gasteiger partial charge in [-0.3, -0.25) is 4.21 Å². The molecular formula is C3H6O2S. The zero-order valence-electron chi connectivity index (χ0n) is 3.35. The van der Waals surface area contributed by atoms with Gasteiger partial charge in [-0.05, 0) is 0 Å². The quantitative estimate of drug-likeness (QED) is 0.369. The normalized spacial score (nSPS) is 14.2. The third kappa shape index (κ3) is 3.98. The van der Waals surface area contributed by atoms with Crippen molar-refractivity contribution in [2.75, 3.05) is 5.75 Å². The first-order valence-corrected chi connectivity index (χ1v) is 2.87. The third-order valence-electron chi connectivity index (χ3n) is 0.311. The van der Waals surface area contributed by atoms with Gasteiger partial charge in [-0.15, -0.1) is 0 Å². The Morgan fingerprint density at radius 1 is 1.83 bits per heavy atom. The maximum atomic E-state index is 9.56. The molecule has 0 aliphatic heterocycles. The van der Waals surface area contributed by atoms with Crippen LogP contribution in [0.3, 0.4) is 0 Å². The predicted molar refractivity (Wildman–Crippen MR) is 23.8 cm³/mol. The molecule has 0 amide bonds. The molecule has 0 fully saturated rings. The van der Waals surface area contributed by atoms with Gasteiger partial charge in [-0.25, -0.2) is 0 Å². The van der Waals surface area contributed by atoms with Gasteiger partial charge >= 0.3 is 0 Å². The molecular weight excluding hydrogens is 100 g/mol. The zero-order valence-corrected chi connectivity index (χ0v) is 4.16. The van der Waals surface area contributed by atoms with Gasteiger partial charge in [-0.1, -0.05) is 11.1 Å². The van der Waals surface area contributed by atoms with Crippen LogP contribution < -0.4 is 0 Å². The molecule has 1 unspecified atom stereocenters. The van der Waals surface area contributed by atoms with Gasteiger partial charge in [0.15, 0.2) is 0 Å². The van der Waals surface area contributed by atoms with Crippen LogP contribution in [0, 0.1) is 6.92 Å². The van der Waals surface area contributed by atoms with Gasteiger partial charge in [0, 0.05) is 0 Å². The molecule has 1 atom stereocenters. The van der Waals surface area contributed by atoms with E-state index in [0.29, 0.717) is 6.42 Å². The highest BCUT2D eigenvalue weighted by Crippen LogP contribution is 1.75. The van der Waals surface area contributed by atoms with Crippen molar-refractivity contribution in [3.05, 3.63) is 6.92 Å². The Hall–Kier alpha value is -0.0200. The first-order chi connectivity index (χ1) is 2.77. The van der Waals surface area contributed by atoms with Crippen molar-refractivity contribution in [3.8, 4) is 0 Å². The third-order valence-corrected chi connectivity index (χ3v) is 0.933. The number of rotatable bonds is 2. The second-order valence-electron chi connectivity index (χ2n) is 0.861. The standard InChI is InChI=1S/C3H6O2S/c1-2-3-6(4)5/h1-3H2. The Labute approximate surface area is 39.8 Å². The summed E-state index contributed by atoms with van der Waals surface area (Å²) in [6.07, 6.45) is 0.468. The van der Waals surface area contributed by atoms with E-state index in [9.17, 15) is 8.76 Å². The Balaban J connectivity index is 2.83. The molecule has 0 aromatic carbocycles. The highest BCUT2D eigenvalue weighted by Gasteiger charge is 1.79. The van der Waals surface area contributed by atoms with E-state index in [1.165, 1.54) is 0 Å². The molecule has 0 spiro atoms. The van der Waals surface area contributed by atoms with Crippen LogP contribution in [0.2, 0.25) is 0 Å². The van der Waals surface area contributed by atoms with Crippen LogP contribution in [0.1, 0.15) is 6.42 Å². The Bertz CT molecular complexity index is 52.8. The van der Waals surface area contributed by atoms with E-state index in [2.05, 4.69) is 6.92 Å². The number of hydrogen-bond donors (Lipinski definition) is 0. The van der Waals surface area contributed by atoms with Crippen molar-refractivity contribution in [2.24, 2.45) is 0 Å². The Morgan fingerprint density at radius 3 is 2.33 bits per heavy atom. The van der Waals surface area contributed by atoms with Crippen molar-refractivity contribution >= 4 is 11.1 Å². The fraction of sp³-hybridized carbons (Fsp3) is 0.667. The van der Waals surface area contributed by atoms with Gasteiger partial charge in [0.2, 0.25) is 0 Å². The first kappa shape index (κ1) is 5.98. The summed E-state index contributed by atoms with van der Waals surface area (Å²) in [7, 11) is 0. The second-order valence-corrected chi connectivity index (χ2v) is 1.88. The summed E-state index contributed by atoms with van der Waals surface area (Å²) >= 11 is -1.88. The van der Waals surface area contributed by atoms with E-state index in [1.54, 1.807) is 0 Å². The van der Waals surface area contributed by atoms with Crippen molar-refractivity contribution in [3.63, 3.8) is 0 Å². The topological polar surface area (TPSA) is 40.1 Å². The predicted octanol–water partition coefficient (Wildman–Crippen LogP) is 0.0897. The lowest BCUT2D eigenvalue weighted by atomic mass is 10.6. The van der Waals surface area contributed by atoms with E-state index in [1.807, 2.05) is 0 Å². The van der Waals surface area contributed by atoms with Crippen LogP contribution in [0.25, 0.3) is 0 Å². The highest BCUT2D eigenvalue weighted by molar-refractivity contribution is 7.79. The lowest BCUT2D eigenvalue weighted by molar-refractivity contribution is 0.537. The maximum Gasteiger partial charge on any atom is 0.0954 e. The minimum absolute atomic E-state index is 0.181. The summed E-state index contributed by atoms with van der Waals surface area (Å²) in [5, 5.41) is 0. The lowest BCUT2D eigenvalue weighted by Crippen LogP contribution is -1.90. The molecule has 3 heteroatoms. The van der Waals surface area contributed by atoms with Crippen LogP contribution in [-0.4, -0.2) is 14.5 Å². The van der Waals surface area contributed by atoms with E-state index in [0.717, 1.165) is 0 Å². The van der Waals surface area contributed by atoms with Crippen molar-refractivity contribution < 1.29 is 8.76 Å². The average molecular weight is 106 g/mol. The SMILES string of the molecule is [CH2+]CCS(=O)[O-]. The van der Waals surface area contributed by atoms with Gasteiger partial charge in [0.1, 0.15) is 0 Å². The molecule has 0 heterocycles. The minimum Gasteiger partial charge on any atom is -0.772 e. The molecule has 0 aromatic heterocycles. The Morgan fingerprint density at radius 2 is 2.33 bits per heavy atom. The van der Waals surface area contributed by atoms with Crippen LogP contribution in [0.15, 0.2) is 0 Å². The molecule has 36 valence electrons. The van der Waals surface area contributed by atoms with Crippen molar-refractivity contribution in [2.45, 2.75) is 6.42 Å². The lowest BCUT2D eigenvalue weighted by Gasteiger charge is -1.94. The molecule has 0 aliphatic carbocycles. The van der Waals surface area contributed by atoms with Gasteiger partial charge in [-0.2, -0.15) is 0 Å². The summed E-state index contributed by atoms with van der Waals surface area (Å²) in [6.45, 7) is 3.33. The van der Waals surface area contributed by atoms with Crippen molar-refractivity contribution in [1.29, 1.82) is 0 Å². The molecule has 0 rings (SSSR count). The van der Waals surface area contributed by atoms with Gasteiger partial charge < -0.3 is 4.55 Å². The summed E-state index contributed by atoms with van der Waals surface area (Å²) < 4.78 is 19.1. The molecule has 0 radical (unpaired) electrons. The van der Waals surface area contributed by atoms with Crippen LogP contribution >= 0.6 is 0 Å². The summed E-state index contributed by atoms with van der Waals surface area (Å²) in [5.74, 6) is 0.181. The summed E-state index contributed by atoms with van der Waals surface area (Å²) in [4.78, 5) is 0. The molecule has 6 heavy (non-hydrogen) atoms. The van der Waals surface area contributed by atoms with Gasteiger partial charge in [0.05, 0.1) is 19.1 Å². The van der Waals surface area contributed by atoms with E-state index in [4.69, 9.17) is 0 Å². The monoisotopic (exact) mass is 106 g/mol. The van der Waals surface area contributed by atoms with E-state index < -0.39 is 11.1 Å². The van der Waals surface area contributed by atoms with Crippen molar-refractivity contribution in [1.82, 2.24) is 0 Å². The van der Waals surface area contributed by atoms with Crippen LogP contribution in [0.4, 0.5) is 0 Å². The van der Waals surface area contributed by atoms with E-state index in [-0.39, 0.29) is 5.75 Å². The largest absolute Gasteiger partial charge is 0.772 e. The average Bonchev–Trinajstić information content (AvgIpc) is 1.35. The smallest absolute Gasteiger partial charge is 0.0954 e. The highest BCUT2D eigenvalue weighted by atomic mass is 32.2. The number of hydrogen-bond acceptors (Lipinski definition) is 2. The fourth-order valence-electron chi connectivity index (χ4n) is 0.118. The molecule has 0 saturated carbocycles. The zero-order chi connectivity index (χ0) is 4.99. The molecule has 0 N–H and O–H groups in total.